The van der Waals surface area contributed by atoms with Crippen molar-refractivity contribution in [2.24, 2.45) is 0 Å². The van der Waals surface area contributed by atoms with E-state index in [1.807, 2.05) is 0 Å². The summed E-state index contributed by atoms with van der Waals surface area (Å²) in [6.45, 7) is 3.31. The molecule has 0 bridgehead atoms. The minimum atomic E-state index is 0.169. The zero-order valence-electron chi connectivity index (χ0n) is 7.10. The maximum absolute atomic E-state index is 3.40. The average Bonchev–Trinajstić information content (AvgIpc) is 2.31. The number of fused-ring (bicyclic) bond motifs is 1. The standard InChI is InChI=1S/C10H12IN/c1-10(11)5-2-3-8-4-6-12-9(8)7-10/h2-3,5,7,12H,4,6H2,1H3. The van der Waals surface area contributed by atoms with Crippen LogP contribution in [0.15, 0.2) is 35.6 Å². The molecule has 2 heteroatoms. The van der Waals surface area contributed by atoms with Gasteiger partial charge in [-0.3, -0.25) is 0 Å². The molecule has 1 nitrogen and oxygen atoms in total. The van der Waals surface area contributed by atoms with E-state index in [1.165, 1.54) is 17.7 Å². The summed E-state index contributed by atoms with van der Waals surface area (Å²) in [5.41, 5.74) is 2.78. The van der Waals surface area contributed by atoms with Gasteiger partial charge in [0.05, 0.1) is 3.42 Å². The Labute approximate surface area is 86.8 Å². The molecule has 1 aliphatic carbocycles. The molecule has 0 saturated carbocycles. The van der Waals surface area contributed by atoms with Crippen molar-refractivity contribution in [1.82, 2.24) is 5.32 Å². The SMILES string of the molecule is CC1(I)C=CC=C2CCNC2=C1. The zero-order chi connectivity index (χ0) is 8.60. The molecular weight excluding hydrogens is 261 g/mol. The predicted octanol–water partition coefficient (Wildman–Crippen LogP) is 2.55. The molecule has 1 saturated heterocycles. The maximum atomic E-state index is 3.40. The van der Waals surface area contributed by atoms with Crippen molar-refractivity contribution in [2.75, 3.05) is 6.54 Å². The van der Waals surface area contributed by atoms with Gasteiger partial charge in [0.1, 0.15) is 0 Å². The summed E-state index contributed by atoms with van der Waals surface area (Å²) in [4.78, 5) is 0. The lowest BCUT2D eigenvalue weighted by molar-refractivity contribution is 0.901. The Kier molecular flexibility index (Phi) is 2.02. The van der Waals surface area contributed by atoms with E-state index in [0.717, 1.165) is 6.54 Å². The van der Waals surface area contributed by atoms with Gasteiger partial charge in [0.15, 0.2) is 0 Å². The number of rotatable bonds is 0. The highest BCUT2D eigenvalue weighted by Gasteiger charge is 2.20. The molecule has 1 N–H and O–H groups in total. The molecule has 64 valence electrons. The lowest BCUT2D eigenvalue weighted by Crippen LogP contribution is -2.12. The number of allylic oxidation sites excluding steroid dienone is 5. The van der Waals surface area contributed by atoms with E-state index in [2.05, 4.69) is 59.1 Å². The number of hydrogen-bond donors (Lipinski definition) is 1. The number of halogens is 1. The van der Waals surface area contributed by atoms with Crippen LogP contribution in [0.4, 0.5) is 0 Å². The van der Waals surface area contributed by atoms with E-state index < -0.39 is 0 Å². The van der Waals surface area contributed by atoms with Gasteiger partial charge in [-0.05, 0) is 25.0 Å². The summed E-state index contributed by atoms with van der Waals surface area (Å²) in [6, 6.07) is 0. The minimum Gasteiger partial charge on any atom is -0.385 e. The van der Waals surface area contributed by atoms with Crippen LogP contribution in [0.1, 0.15) is 13.3 Å². The Morgan fingerprint density at radius 2 is 2.42 bits per heavy atom. The Balaban J connectivity index is 2.40. The second-order valence-electron chi connectivity index (χ2n) is 3.44. The van der Waals surface area contributed by atoms with Crippen LogP contribution in [-0.4, -0.2) is 9.97 Å². The van der Waals surface area contributed by atoms with E-state index in [1.54, 1.807) is 0 Å². The van der Waals surface area contributed by atoms with Crippen LogP contribution in [-0.2, 0) is 0 Å². The van der Waals surface area contributed by atoms with E-state index in [-0.39, 0.29) is 3.42 Å². The van der Waals surface area contributed by atoms with Crippen LogP contribution in [0.25, 0.3) is 0 Å². The van der Waals surface area contributed by atoms with Gasteiger partial charge in [-0.2, -0.15) is 0 Å². The molecule has 0 aromatic heterocycles. The summed E-state index contributed by atoms with van der Waals surface area (Å²) >= 11 is 2.46. The van der Waals surface area contributed by atoms with Crippen LogP contribution in [0.5, 0.6) is 0 Å². The third kappa shape index (κ3) is 1.58. The Hall–Kier alpha value is -0.250. The summed E-state index contributed by atoms with van der Waals surface area (Å²) in [5.74, 6) is 0. The van der Waals surface area contributed by atoms with Gasteiger partial charge in [-0.15, -0.1) is 0 Å². The Morgan fingerprint density at radius 1 is 1.58 bits per heavy atom. The van der Waals surface area contributed by atoms with E-state index in [9.17, 15) is 0 Å². The fourth-order valence-electron chi connectivity index (χ4n) is 1.58. The number of hydrogen-bond acceptors (Lipinski definition) is 1. The second-order valence-corrected chi connectivity index (χ2v) is 5.76. The molecule has 0 aromatic carbocycles. The smallest absolute Gasteiger partial charge is 0.0578 e. The average molecular weight is 273 g/mol. The minimum absolute atomic E-state index is 0.169. The van der Waals surface area contributed by atoms with Gasteiger partial charge in [0.2, 0.25) is 0 Å². The first kappa shape index (κ1) is 8.35. The highest BCUT2D eigenvalue weighted by Crippen LogP contribution is 2.30. The van der Waals surface area contributed by atoms with E-state index in [0.29, 0.717) is 0 Å². The number of nitrogens with one attached hydrogen (secondary N) is 1. The summed E-state index contributed by atoms with van der Waals surface area (Å²) in [5, 5.41) is 3.40. The van der Waals surface area contributed by atoms with Crippen molar-refractivity contribution in [3.8, 4) is 0 Å². The van der Waals surface area contributed by atoms with Crippen LogP contribution < -0.4 is 5.32 Å². The molecular formula is C10H12IN. The lowest BCUT2D eigenvalue weighted by Gasteiger charge is -2.12. The van der Waals surface area contributed by atoms with Crippen LogP contribution in [0.3, 0.4) is 0 Å². The van der Waals surface area contributed by atoms with Gasteiger partial charge in [-0.1, -0.05) is 40.8 Å². The van der Waals surface area contributed by atoms with Crippen molar-refractivity contribution in [1.29, 1.82) is 0 Å². The molecule has 1 fully saturated rings. The monoisotopic (exact) mass is 273 g/mol. The van der Waals surface area contributed by atoms with Crippen molar-refractivity contribution in [2.45, 2.75) is 16.8 Å². The third-order valence-corrected chi connectivity index (χ3v) is 2.87. The third-order valence-electron chi connectivity index (χ3n) is 2.20. The highest BCUT2D eigenvalue weighted by molar-refractivity contribution is 14.1. The fourth-order valence-corrected chi connectivity index (χ4v) is 2.10. The molecule has 0 amide bonds. The molecule has 12 heavy (non-hydrogen) atoms. The Bertz CT molecular complexity index is 284. The first-order chi connectivity index (χ1) is 5.67. The number of alkyl halides is 1. The van der Waals surface area contributed by atoms with E-state index in [4.69, 9.17) is 0 Å². The van der Waals surface area contributed by atoms with Crippen LogP contribution >= 0.6 is 22.6 Å². The summed E-state index contributed by atoms with van der Waals surface area (Å²) in [7, 11) is 0. The van der Waals surface area contributed by atoms with Crippen molar-refractivity contribution in [3.05, 3.63) is 35.6 Å². The normalized spacial score (nSPS) is 33.2. The van der Waals surface area contributed by atoms with Crippen LogP contribution in [0, 0.1) is 0 Å². The largest absolute Gasteiger partial charge is 0.385 e. The molecule has 2 rings (SSSR count). The van der Waals surface area contributed by atoms with Gasteiger partial charge >= 0.3 is 0 Å². The molecule has 2 aliphatic rings. The van der Waals surface area contributed by atoms with Crippen molar-refractivity contribution < 1.29 is 0 Å². The second kappa shape index (κ2) is 2.91. The van der Waals surface area contributed by atoms with E-state index >= 15 is 0 Å². The van der Waals surface area contributed by atoms with Gasteiger partial charge in [-0.25, -0.2) is 0 Å². The summed E-state index contributed by atoms with van der Waals surface area (Å²) < 4.78 is 0.169. The topological polar surface area (TPSA) is 12.0 Å². The molecule has 0 aromatic rings. The van der Waals surface area contributed by atoms with Gasteiger partial charge < -0.3 is 5.32 Å². The van der Waals surface area contributed by atoms with Crippen molar-refractivity contribution in [3.63, 3.8) is 0 Å². The highest BCUT2D eigenvalue weighted by atomic mass is 127. The van der Waals surface area contributed by atoms with Gasteiger partial charge in [0, 0.05) is 12.2 Å². The quantitative estimate of drug-likeness (QED) is 0.528. The molecule has 1 heterocycles. The van der Waals surface area contributed by atoms with Gasteiger partial charge in [0.25, 0.3) is 0 Å². The fraction of sp³-hybridized carbons (Fsp3) is 0.400. The van der Waals surface area contributed by atoms with Crippen molar-refractivity contribution >= 4 is 22.6 Å². The maximum Gasteiger partial charge on any atom is 0.0578 e. The molecule has 0 radical (unpaired) electrons. The molecule has 0 spiro atoms. The Morgan fingerprint density at radius 3 is 3.25 bits per heavy atom. The molecule has 1 unspecified atom stereocenters. The van der Waals surface area contributed by atoms with Crippen LogP contribution in [0.2, 0.25) is 0 Å². The zero-order valence-corrected chi connectivity index (χ0v) is 9.26. The predicted molar refractivity (Wildman–Crippen MR) is 60.4 cm³/mol. The first-order valence-corrected chi connectivity index (χ1v) is 5.30. The first-order valence-electron chi connectivity index (χ1n) is 4.22. The molecule has 1 atom stereocenters. The lowest BCUT2D eigenvalue weighted by atomic mass is 10.1. The summed E-state index contributed by atoms with van der Waals surface area (Å²) in [6.07, 6.45) is 10.1. The molecule has 1 aliphatic heterocycles.